The van der Waals surface area contributed by atoms with Crippen LogP contribution in [0, 0.1) is 6.92 Å². The number of hydrogen-bond donors (Lipinski definition) is 1. The highest BCUT2D eigenvalue weighted by Gasteiger charge is 2.18. The van der Waals surface area contributed by atoms with Gasteiger partial charge in [-0.15, -0.1) is 0 Å². The third-order valence-electron chi connectivity index (χ3n) is 5.16. The molecule has 3 rings (SSSR count). The van der Waals surface area contributed by atoms with Crippen molar-refractivity contribution in [3.05, 3.63) is 45.9 Å². The molecule has 0 aliphatic rings. The SMILES string of the molecule is CCN(CC)C(=O)Cc1cccc2nc(Nc3c(C)cc(Br)cc3OC)n(C)c12. The molecule has 3 aromatic rings. The summed E-state index contributed by atoms with van der Waals surface area (Å²) in [7, 11) is 3.61. The van der Waals surface area contributed by atoms with Crippen LogP contribution in [0.1, 0.15) is 25.0 Å². The fourth-order valence-corrected chi connectivity index (χ4v) is 4.15. The molecule has 0 unspecified atom stereocenters. The van der Waals surface area contributed by atoms with E-state index >= 15 is 0 Å². The summed E-state index contributed by atoms with van der Waals surface area (Å²) >= 11 is 3.51. The molecule has 1 heterocycles. The maximum absolute atomic E-state index is 12.6. The number of likely N-dealkylation sites (N-methyl/N-ethyl adjacent to an activating group) is 1. The first kappa shape index (κ1) is 21.2. The van der Waals surface area contributed by atoms with Gasteiger partial charge >= 0.3 is 0 Å². The molecule has 0 fully saturated rings. The highest BCUT2D eigenvalue weighted by molar-refractivity contribution is 9.10. The van der Waals surface area contributed by atoms with E-state index in [0.717, 1.165) is 38.1 Å². The Bertz CT molecular complexity index is 1040. The van der Waals surface area contributed by atoms with E-state index < -0.39 is 0 Å². The Kier molecular flexibility index (Phi) is 6.47. The number of ether oxygens (including phenoxy) is 1. The van der Waals surface area contributed by atoms with Crippen LogP contribution in [0.2, 0.25) is 0 Å². The summed E-state index contributed by atoms with van der Waals surface area (Å²) in [4.78, 5) is 19.3. The quantitative estimate of drug-likeness (QED) is 0.551. The highest BCUT2D eigenvalue weighted by Crippen LogP contribution is 2.35. The summed E-state index contributed by atoms with van der Waals surface area (Å²) in [5.41, 5.74) is 4.70. The van der Waals surface area contributed by atoms with E-state index in [2.05, 4.69) is 21.2 Å². The number of fused-ring (bicyclic) bond motifs is 1. The number of para-hydroxylation sites is 1. The zero-order valence-corrected chi connectivity index (χ0v) is 19.1. The number of imidazole rings is 1. The van der Waals surface area contributed by atoms with Gasteiger partial charge in [-0.25, -0.2) is 4.98 Å². The molecule has 0 aliphatic heterocycles. The summed E-state index contributed by atoms with van der Waals surface area (Å²) in [6, 6.07) is 9.88. The van der Waals surface area contributed by atoms with Crippen molar-refractivity contribution in [2.45, 2.75) is 27.2 Å². The number of benzene rings is 2. The first-order valence-electron chi connectivity index (χ1n) is 9.72. The second kappa shape index (κ2) is 8.86. The molecule has 2 aromatic carbocycles. The lowest BCUT2D eigenvalue weighted by atomic mass is 10.1. The van der Waals surface area contributed by atoms with E-state index in [1.807, 2.05) is 67.6 Å². The van der Waals surface area contributed by atoms with Gasteiger partial charge in [0.2, 0.25) is 11.9 Å². The molecule has 0 radical (unpaired) electrons. The Morgan fingerprint density at radius 1 is 1.28 bits per heavy atom. The Morgan fingerprint density at radius 3 is 2.66 bits per heavy atom. The van der Waals surface area contributed by atoms with Gasteiger partial charge in [0.05, 0.1) is 30.3 Å². The second-order valence-electron chi connectivity index (χ2n) is 6.95. The normalized spacial score (nSPS) is 11.0. The molecule has 0 spiro atoms. The molecule has 0 saturated heterocycles. The van der Waals surface area contributed by atoms with E-state index in [9.17, 15) is 4.79 Å². The predicted octanol–water partition coefficient (Wildman–Crippen LogP) is 4.81. The Balaban J connectivity index is 2.01. The second-order valence-corrected chi connectivity index (χ2v) is 7.86. The zero-order valence-electron chi connectivity index (χ0n) is 17.5. The number of aryl methyl sites for hydroxylation is 2. The smallest absolute Gasteiger partial charge is 0.227 e. The molecule has 154 valence electrons. The average molecular weight is 459 g/mol. The third kappa shape index (κ3) is 4.24. The molecule has 1 aromatic heterocycles. The van der Waals surface area contributed by atoms with Crippen molar-refractivity contribution in [1.82, 2.24) is 14.5 Å². The van der Waals surface area contributed by atoms with E-state index in [0.29, 0.717) is 25.5 Å². The topological polar surface area (TPSA) is 59.4 Å². The summed E-state index contributed by atoms with van der Waals surface area (Å²) in [5, 5.41) is 3.41. The summed E-state index contributed by atoms with van der Waals surface area (Å²) in [6.45, 7) is 7.45. The average Bonchev–Trinajstić information content (AvgIpc) is 3.01. The van der Waals surface area contributed by atoms with Crippen LogP contribution < -0.4 is 10.1 Å². The van der Waals surface area contributed by atoms with Crippen molar-refractivity contribution in [3.8, 4) is 5.75 Å². The molecule has 1 amide bonds. The molecular weight excluding hydrogens is 432 g/mol. The van der Waals surface area contributed by atoms with Gasteiger partial charge in [0.25, 0.3) is 0 Å². The molecule has 0 atom stereocenters. The van der Waals surface area contributed by atoms with Gasteiger partial charge in [0.15, 0.2) is 0 Å². The molecule has 1 N–H and O–H groups in total. The lowest BCUT2D eigenvalue weighted by molar-refractivity contribution is -0.130. The molecule has 0 saturated carbocycles. The van der Waals surface area contributed by atoms with Gasteiger partial charge in [0, 0.05) is 24.6 Å². The minimum atomic E-state index is 0.128. The number of aromatic nitrogens is 2. The molecule has 7 heteroatoms. The van der Waals surface area contributed by atoms with Gasteiger partial charge in [-0.05, 0) is 50.1 Å². The predicted molar refractivity (Wildman–Crippen MR) is 121 cm³/mol. The van der Waals surface area contributed by atoms with Crippen LogP contribution >= 0.6 is 15.9 Å². The zero-order chi connectivity index (χ0) is 21.1. The summed E-state index contributed by atoms with van der Waals surface area (Å²) < 4.78 is 8.50. The van der Waals surface area contributed by atoms with Gasteiger partial charge in [-0.2, -0.15) is 0 Å². The maximum atomic E-state index is 12.6. The van der Waals surface area contributed by atoms with Crippen molar-refractivity contribution in [2.75, 3.05) is 25.5 Å². The van der Waals surface area contributed by atoms with E-state index in [1.54, 1.807) is 7.11 Å². The number of rotatable bonds is 7. The first-order valence-corrected chi connectivity index (χ1v) is 10.5. The molecule has 0 bridgehead atoms. The van der Waals surface area contributed by atoms with Crippen LogP contribution in [0.15, 0.2) is 34.8 Å². The van der Waals surface area contributed by atoms with E-state index in [1.165, 1.54) is 0 Å². The van der Waals surface area contributed by atoms with E-state index in [4.69, 9.17) is 9.72 Å². The number of anilines is 2. The fraction of sp³-hybridized carbons (Fsp3) is 0.364. The van der Waals surface area contributed by atoms with Gasteiger partial charge < -0.3 is 19.5 Å². The maximum Gasteiger partial charge on any atom is 0.227 e. The molecule has 6 nitrogen and oxygen atoms in total. The lowest BCUT2D eigenvalue weighted by Crippen LogP contribution is -2.31. The van der Waals surface area contributed by atoms with Crippen LogP contribution in [0.3, 0.4) is 0 Å². The Morgan fingerprint density at radius 2 is 2.00 bits per heavy atom. The van der Waals surface area contributed by atoms with Crippen molar-refractivity contribution in [1.29, 1.82) is 0 Å². The minimum Gasteiger partial charge on any atom is -0.495 e. The molecule has 29 heavy (non-hydrogen) atoms. The highest BCUT2D eigenvalue weighted by atomic mass is 79.9. The number of amides is 1. The number of carbonyl (C=O) groups is 1. The largest absolute Gasteiger partial charge is 0.495 e. The van der Waals surface area contributed by atoms with Gasteiger partial charge in [-0.3, -0.25) is 4.79 Å². The van der Waals surface area contributed by atoms with Crippen LogP contribution in [-0.4, -0.2) is 40.6 Å². The van der Waals surface area contributed by atoms with Gasteiger partial charge in [-0.1, -0.05) is 28.1 Å². The van der Waals surface area contributed by atoms with Crippen molar-refractivity contribution >= 4 is 44.5 Å². The van der Waals surface area contributed by atoms with Crippen LogP contribution in [-0.2, 0) is 18.3 Å². The van der Waals surface area contributed by atoms with E-state index in [-0.39, 0.29) is 5.91 Å². The number of hydrogen-bond acceptors (Lipinski definition) is 4. The van der Waals surface area contributed by atoms with Crippen molar-refractivity contribution in [2.24, 2.45) is 7.05 Å². The fourth-order valence-electron chi connectivity index (χ4n) is 3.60. The molecule has 0 aliphatic carbocycles. The van der Waals surface area contributed by atoms with Crippen LogP contribution in [0.25, 0.3) is 11.0 Å². The van der Waals surface area contributed by atoms with Crippen molar-refractivity contribution < 1.29 is 9.53 Å². The third-order valence-corrected chi connectivity index (χ3v) is 5.61. The van der Waals surface area contributed by atoms with Crippen molar-refractivity contribution in [3.63, 3.8) is 0 Å². The Labute approximate surface area is 180 Å². The summed E-state index contributed by atoms with van der Waals surface area (Å²) in [5.74, 6) is 1.57. The minimum absolute atomic E-state index is 0.128. The number of nitrogens with zero attached hydrogens (tertiary/aromatic N) is 3. The Hall–Kier alpha value is -2.54. The lowest BCUT2D eigenvalue weighted by Gasteiger charge is -2.19. The number of methoxy groups -OCH3 is 1. The number of halogens is 1. The molecular formula is C22H27BrN4O2. The summed E-state index contributed by atoms with van der Waals surface area (Å²) in [6.07, 6.45) is 0.360. The monoisotopic (exact) mass is 458 g/mol. The van der Waals surface area contributed by atoms with Gasteiger partial charge in [0.1, 0.15) is 5.75 Å². The number of carbonyl (C=O) groups excluding carboxylic acids is 1. The van der Waals surface area contributed by atoms with Crippen LogP contribution in [0.5, 0.6) is 5.75 Å². The standard InChI is InChI=1S/C22H27BrN4O2/c1-6-27(7-2)19(28)12-15-9-8-10-17-21(15)26(4)22(24-17)25-20-14(3)11-16(23)13-18(20)29-5/h8-11,13H,6-7,12H2,1-5H3,(H,24,25). The number of nitrogens with one attached hydrogen (secondary N) is 1. The first-order chi connectivity index (χ1) is 13.9. The van der Waals surface area contributed by atoms with Crippen LogP contribution in [0.4, 0.5) is 11.6 Å².